The third-order valence-electron chi connectivity index (χ3n) is 3.14. The first-order chi connectivity index (χ1) is 9.76. The summed E-state index contributed by atoms with van der Waals surface area (Å²) in [5, 5.41) is 0. The van der Waals surface area contributed by atoms with Crippen LogP contribution in [0.25, 0.3) is 22.8 Å². The lowest BCUT2D eigenvalue weighted by Gasteiger charge is -1.98. The highest BCUT2D eigenvalue weighted by atomic mass is 16.4. The summed E-state index contributed by atoms with van der Waals surface area (Å²) in [7, 11) is 0. The molecule has 3 rings (SSSR count). The van der Waals surface area contributed by atoms with Crippen molar-refractivity contribution >= 4 is 6.29 Å². The zero-order valence-corrected chi connectivity index (χ0v) is 11.0. The molecule has 0 saturated heterocycles. The molecule has 0 unspecified atom stereocenters. The smallest absolute Gasteiger partial charge is 0.226 e. The van der Waals surface area contributed by atoms with Crippen LogP contribution in [-0.2, 0) is 0 Å². The van der Waals surface area contributed by atoms with E-state index in [1.54, 1.807) is 18.3 Å². The third-order valence-corrected chi connectivity index (χ3v) is 3.14. The Hall–Kier alpha value is -2.68. The lowest BCUT2D eigenvalue weighted by atomic mass is 10.1. The second kappa shape index (κ2) is 5.13. The minimum absolute atomic E-state index is 0.597. The fourth-order valence-electron chi connectivity index (χ4n) is 1.96. The number of benzene rings is 2. The lowest BCUT2D eigenvalue weighted by Crippen LogP contribution is -1.79. The molecular formula is C17H13NO2. The van der Waals surface area contributed by atoms with Gasteiger partial charge in [0.1, 0.15) is 6.29 Å². The Morgan fingerprint density at radius 3 is 2.25 bits per heavy atom. The van der Waals surface area contributed by atoms with Gasteiger partial charge in [-0.3, -0.25) is 4.79 Å². The van der Waals surface area contributed by atoms with Crippen molar-refractivity contribution in [1.82, 2.24) is 4.98 Å². The number of hydrogen-bond donors (Lipinski definition) is 0. The van der Waals surface area contributed by atoms with Gasteiger partial charge >= 0.3 is 0 Å². The summed E-state index contributed by atoms with van der Waals surface area (Å²) in [5.74, 6) is 1.29. The van der Waals surface area contributed by atoms with Gasteiger partial charge in [-0.2, -0.15) is 0 Å². The highest BCUT2D eigenvalue weighted by Gasteiger charge is 2.08. The Morgan fingerprint density at radius 1 is 0.950 bits per heavy atom. The summed E-state index contributed by atoms with van der Waals surface area (Å²) in [6, 6.07) is 15.2. The van der Waals surface area contributed by atoms with E-state index in [4.69, 9.17) is 4.42 Å². The highest BCUT2D eigenvalue weighted by Crippen LogP contribution is 2.26. The Balaban J connectivity index is 1.92. The van der Waals surface area contributed by atoms with E-state index in [9.17, 15) is 4.79 Å². The summed E-state index contributed by atoms with van der Waals surface area (Å²) in [6.07, 6.45) is 2.52. The molecule has 0 radical (unpaired) electrons. The Labute approximate surface area is 116 Å². The van der Waals surface area contributed by atoms with Crippen molar-refractivity contribution in [2.24, 2.45) is 0 Å². The average Bonchev–Trinajstić information content (AvgIpc) is 2.98. The second-order valence-electron chi connectivity index (χ2n) is 4.64. The predicted octanol–water partition coefficient (Wildman–Crippen LogP) is 4.13. The minimum Gasteiger partial charge on any atom is -0.436 e. The molecule has 98 valence electrons. The van der Waals surface area contributed by atoms with E-state index in [2.05, 4.69) is 4.98 Å². The summed E-state index contributed by atoms with van der Waals surface area (Å²) in [4.78, 5) is 14.9. The summed E-state index contributed by atoms with van der Waals surface area (Å²) >= 11 is 0. The fraction of sp³-hybridized carbons (Fsp3) is 0.0588. The first-order valence-electron chi connectivity index (χ1n) is 6.35. The van der Waals surface area contributed by atoms with Gasteiger partial charge in [0.25, 0.3) is 0 Å². The minimum atomic E-state index is 0.597. The largest absolute Gasteiger partial charge is 0.436 e. The van der Waals surface area contributed by atoms with E-state index in [-0.39, 0.29) is 0 Å². The van der Waals surface area contributed by atoms with Crippen molar-refractivity contribution in [3.8, 4) is 22.8 Å². The van der Waals surface area contributed by atoms with Gasteiger partial charge in [-0.05, 0) is 19.1 Å². The average molecular weight is 263 g/mol. The molecule has 1 aromatic heterocycles. The van der Waals surface area contributed by atoms with Gasteiger partial charge in [0.15, 0.2) is 5.76 Å². The lowest BCUT2D eigenvalue weighted by molar-refractivity contribution is 0.112. The van der Waals surface area contributed by atoms with E-state index in [0.29, 0.717) is 17.2 Å². The first-order valence-corrected chi connectivity index (χ1v) is 6.35. The number of oxazole rings is 1. The maximum Gasteiger partial charge on any atom is 0.226 e. The van der Waals surface area contributed by atoms with Gasteiger partial charge in [0.2, 0.25) is 5.89 Å². The molecule has 0 spiro atoms. The van der Waals surface area contributed by atoms with Crippen LogP contribution in [-0.4, -0.2) is 11.3 Å². The number of hydrogen-bond acceptors (Lipinski definition) is 3. The SMILES string of the molecule is Cc1ccc(-c2ncc(-c3ccc(C=O)cc3)o2)cc1. The van der Waals surface area contributed by atoms with Gasteiger partial charge in [-0.1, -0.05) is 42.0 Å². The molecule has 0 amide bonds. The molecule has 0 atom stereocenters. The van der Waals surface area contributed by atoms with E-state index < -0.39 is 0 Å². The molecule has 0 bridgehead atoms. The maximum atomic E-state index is 10.6. The normalized spacial score (nSPS) is 10.4. The van der Waals surface area contributed by atoms with Crippen LogP contribution in [0.1, 0.15) is 15.9 Å². The van der Waals surface area contributed by atoms with Crippen LogP contribution in [0.15, 0.2) is 59.1 Å². The number of rotatable bonds is 3. The van der Waals surface area contributed by atoms with Crippen LogP contribution in [0.4, 0.5) is 0 Å². The Bertz CT molecular complexity index is 724. The highest BCUT2D eigenvalue weighted by molar-refractivity contribution is 5.76. The first kappa shape index (κ1) is 12.4. The molecule has 0 aliphatic rings. The van der Waals surface area contributed by atoms with Gasteiger partial charge in [-0.15, -0.1) is 0 Å². The number of nitrogens with zero attached hydrogens (tertiary/aromatic N) is 1. The molecule has 3 nitrogen and oxygen atoms in total. The summed E-state index contributed by atoms with van der Waals surface area (Å²) in [6.45, 7) is 2.04. The van der Waals surface area contributed by atoms with Gasteiger partial charge < -0.3 is 4.42 Å². The quantitative estimate of drug-likeness (QED) is 0.667. The molecule has 3 heteroatoms. The van der Waals surface area contributed by atoms with Crippen LogP contribution < -0.4 is 0 Å². The van der Waals surface area contributed by atoms with Crippen LogP contribution >= 0.6 is 0 Å². The topological polar surface area (TPSA) is 43.1 Å². The standard InChI is InChI=1S/C17H13NO2/c1-12-2-6-15(7-3-12)17-18-10-16(20-17)14-8-4-13(11-19)5-9-14/h2-11H,1H3. The number of carbonyl (C=O) groups is 1. The zero-order chi connectivity index (χ0) is 13.9. The zero-order valence-electron chi connectivity index (χ0n) is 11.0. The van der Waals surface area contributed by atoms with Crippen molar-refractivity contribution < 1.29 is 9.21 Å². The van der Waals surface area contributed by atoms with E-state index >= 15 is 0 Å². The molecule has 0 N–H and O–H groups in total. The van der Waals surface area contributed by atoms with E-state index in [1.165, 1.54) is 5.56 Å². The molecule has 1 heterocycles. The van der Waals surface area contributed by atoms with E-state index in [0.717, 1.165) is 17.4 Å². The monoisotopic (exact) mass is 263 g/mol. The Kier molecular flexibility index (Phi) is 3.17. The molecular weight excluding hydrogens is 250 g/mol. The molecule has 2 aromatic carbocycles. The van der Waals surface area contributed by atoms with Gasteiger partial charge in [0.05, 0.1) is 6.20 Å². The van der Waals surface area contributed by atoms with Crippen LogP contribution in [0.3, 0.4) is 0 Å². The third kappa shape index (κ3) is 2.38. The number of aromatic nitrogens is 1. The number of aldehydes is 1. The fourth-order valence-corrected chi connectivity index (χ4v) is 1.96. The molecule has 20 heavy (non-hydrogen) atoms. The molecule has 3 aromatic rings. The molecule has 0 aliphatic heterocycles. The van der Waals surface area contributed by atoms with Gasteiger partial charge in [-0.25, -0.2) is 4.98 Å². The van der Waals surface area contributed by atoms with Crippen molar-refractivity contribution in [1.29, 1.82) is 0 Å². The van der Waals surface area contributed by atoms with Crippen molar-refractivity contribution in [3.05, 3.63) is 65.9 Å². The Morgan fingerprint density at radius 2 is 1.60 bits per heavy atom. The molecule has 0 fully saturated rings. The molecule has 0 saturated carbocycles. The van der Waals surface area contributed by atoms with Crippen molar-refractivity contribution in [2.45, 2.75) is 6.92 Å². The van der Waals surface area contributed by atoms with E-state index in [1.807, 2.05) is 43.3 Å². The number of carbonyl (C=O) groups excluding carboxylic acids is 1. The van der Waals surface area contributed by atoms with Gasteiger partial charge in [0, 0.05) is 16.7 Å². The predicted molar refractivity (Wildman–Crippen MR) is 77.5 cm³/mol. The van der Waals surface area contributed by atoms with Crippen LogP contribution in [0, 0.1) is 6.92 Å². The maximum absolute atomic E-state index is 10.6. The van der Waals surface area contributed by atoms with Crippen molar-refractivity contribution in [3.63, 3.8) is 0 Å². The van der Waals surface area contributed by atoms with Crippen LogP contribution in [0.5, 0.6) is 0 Å². The summed E-state index contributed by atoms with van der Waals surface area (Å²) in [5.41, 5.74) is 3.70. The summed E-state index contributed by atoms with van der Waals surface area (Å²) < 4.78 is 5.77. The van der Waals surface area contributed by atoms with Crippen molar-refractivity contribution in [2.75, 3.05) is 0 Å². The number of aryl methyl sites for hydroxylation is 1. The molecule has 0 aliphatic carbocycles. The second-order valence-corrected chi connectivity index (χ2v) is 4.64. The van der Waals surface area contributed by atoms with Crippen LogP contribution in [0.2, 0.25) is 0 Å².